The summed E-state index contributed by atoms with van der Waals surface area (Å²) in [6.45, 7) is 7.41. The summed E-state index contributed by atoms with van der Waals surface area (Å²) in [6.07, 6.45) is 4.44. The van der Waals surface area contributed by atoms with E-state index in [1.165, 1.54) is 6.42 Å². The molecule has 2 N–H and O–H groups in total. The number of rotatable bonds is 4. The lowest BCUT2D eigenvalue weighted by Crippen LogP contribution is -2.48. The van der Waals surface area contributed by atoms with Crippen molar-refractivity contribution in [1.29, 1.82) is 0 Å². The first-order valence-electron chi connectivity index (χ1n) is 6.42. The maximum absolute atomic E-state index is 12.3. The van der Waals surface area contributed by atoms with Gasteiger partial charge in [0.25, 0.3) is 0 Å². The van der Waals surface area contributed by atoms with E-state index < -0.39 is 0 Å². The van der Waals surface area contributed by atoms with Gasteiger partial charge in [-0.1, -0.05) is 0 Å². The van der Waals surface area contributed by atoms with Crippen LogP contribution in [0.15, 0.2) is 0 Å². The lowest BCUT2D eigenvalue weighted by molar-refractivity contribution is 0.131. The summed E-state index contributed by atoms with van der Waals surface area (Å²) in [5.41, 5.74) is 5.50. The number of piperidine rings is 1. The molecule has 94 valence electrons. The molecule has 0 unspecified atom stereocenters. The predicted octanol–water partition coefficient (Wildman–Crippen LogP) is 1.65. The normalized spacial score (nSPS) is 16.6. The second-order valence-corrected chi connectivity index (χ2v) is 4.76. The highest BCUT2D eigenvalue weighted by atomic mass is 16.2. The van der Waals surface area contributed by atoms with Crippen LogP contribution in [-0.4, -0.2) is 48.1 Å². The third-order valence-electron chi connectivity index (χ3n) is 3.10. The van der Waals surface area contributed by atoms with Gasteiger partial charge in [0.05, 0.1) is 0 Å². The van der Waals surface area contributed by atoms with Crippen LogP contribution in [0.25, 0.3) is 0 Å². The van der Waals surface area contributed by atoms with Gasteiger partial charge in [-0.15, -0.1) is 0 Å². The minimum Gasteiger partial charge on any atom is -0.330 e. The van der Waals surface area contributed by atoms with Gasteiger partial charge in [0.15, 0.2) is 0 Å². The fourth-order valence-corrected chi connectivity index (χ4v) is 2.10. The summed E-state index contributed by atoms with van der Waals surface area (Å²) in [6, 6.07) is 0.462. The van der Waals surface area contributed by atoms with Crippen molar-refractivity contribution in [3.63, 3.8) is 0 Å². The quantitative estimate of drug-likeness (QED) is 0.794. The molecule has 1 saturated heterocycles. The van der Waals surface area contributed by atoms with Crippen molar-refractivity contribution in [2.24, 2.45) is 5.73 Å². The SMILES string of the molecule is CC(C)N(CCCN)C(=O)N1CCCCC1. The van der Waals surface area contributed by atoms with Crippen molar-refractivity contribution in [2.45, 2.75) is 45.6 Å². The molecule has 0 saturated carbocycles. The van der Waals surface area contributed by atoms with Gasteiger partial charge in [-0.2, -0.15) is 0 Å². The number of hydrogen-bond donors (Lipinski definition) is 1. The number of urea groups is 1. The van der Waals surface area contributed by atoms with Gasteiger partial charge in [-0.05, 0) is 46.1 Å². The average Bonchev–Trinajstić information content (AvgIpc) is 2.30. The molecule has 0 aromatic heterocycles. The summed E-state index contributed by atoms with van der Waals surface area (Å²) < 4.78 is 0. The first-order chi connectivity index (χ1) is 7.66. The van der Waals surface area contributed by atoms with Crippen molar-refractivity contribution in [3.8, 4) is 0 Å². The molecular weight excluding hydrogens is 202 g/mol. The summed E-state index contributed by atoms with van der Waals surface area (Å²) in [7, 11) is 0. The number of amides is 2. The fourth-order valence-electron chi connectivity index (χ4n) is 2.10. The molecule has 0 aromatic carbocycles. The van der Waals surface area contributed by atoms with E-state index in [0.717, 1.165) is 38.9 Å². The number of hydrogen-bond acceptors (Lipinski definition) is 2. The highest BCUT2D eigenvalue weighted by Crippen LogP contribution is 2.13. The smallest absolute Gasteiger partial charge is 0.320 e. The van der Waals surface area contributed by atoms with Crippen molar-refractivity contribution < 1.29 is 4.79 Å². The first kappa shape index (κ1) is 13.3. The average molecular weight is 227 g/mol. The molecule has 4 heteroatoms. The van der Waals surface area contributed by atoms with E-state index in [1.807, 2.05) is 9.80 Å². The maximum atomic E-state index is 12.3. The van der Waals surface area contributed by atoms with E-state index >= 15 is 0 Å². The molecular formula is C12H25N3O. The van der Waals surface area contributed by atoms with E-state index in [9.17, 15) is 4.79 Å². The summed E-state index contributed by atoms with van der Waals surface area (Å²) in [4.78, 5) is 16.2. The number of nitrogens with zero attached hydrogens (tertiary/aromatic N) is 2. The molecule has 0 aromatic rings. The molecule has 1 aliphatic heterocycles. The van der Waals surface area contributed by atoms with Crippen LogP contribution in [0.5, 0.6) is 0 Å². The summed E-state index contributed by atoms with van der Waals surface area (Å²) in [5, 5.41) is 0. The molecule has 1 heterocycles. The highest BCUT2D eigenvalue weighted by molar-refractivity contribution is 5.74. The Labute approximate surface area is 98.8 Å². The largest absolute Gasteiger partial charge is 0.330 e. The molecule has 1 fully saturated rings. The van der Waals surface area contributed by atoms with Gasteiger partial charge >= 0.3 is 6.03 Å². The van der Waals surface area contributed by atoms with Gasteiger partial charge in [0.1, 0.15) is 0 Å². The molecule has 0 aliphatic carbocycles. The Hall–Kier alpha value is -0.770. The topological polar surface area (TPSA) is 49.6 Å². The van der Waals surface area contributed by atoms with E-state index in [0.29, 0.717) is 6.54 Å². The predicted molar refractivity (Wildman–Crippen MR) is 66.3 cm³/mol. The van der Waals surface area contributed by atoms with Gasteiger partial charge < -0.3 is 15.5 Å². The first-order valence-corrected chi connectivity index (χ1v) is 6.42. The van der Waals surface area contributed by atoms with Crippen molar-refractivity contribution >= 4 is 6.03 Å². The molecule has 16 heavy (non-hydrogen) atoms. The zero-order chi connectivity index (χ0) is 12.0. The van der Waals surface area contributed by atoms with Gasteiger partial charge in [-0.3, -0.25) is 0 Å². The van der Waals surface area contributed by atoms with Gasteiger partial charge in [-0.25, -0.2) is 4.79 Å². The molecule has 0 spiro atoms. The molecule has 1 rings (SSSR count). The number of nitrogens with two attached hydrogens (primary N) is 1. The Morgan fingerprint density at radius 1 is 1.31 bits per heavy atom. The van der Waals surface area contributed by atoms with Crippen LogP contribution in [0.3, 0.4) is 0 Å². The van der Waals surface area contributed by atoms with Crippen molar-refractivity contribution in [2.75, 3.05) is 26.2 Å². The summed E-state index contributed by atoms with van der Waals surface area (Å²) in [5.74, 6) is 0. The van der Waals surface area contributed by atoms with E-state index in [4.69, 9.17) is 5.73 Å². The number of carbonyl (C=O) groups excluding carboxylic acids is 1. The van der Waals surface area contributed by atoms with E-state index in [1.54, 1.807) is 0 Å². The lowest BCUT2D eigenvalue weighted by Gasteiger charge is -2.35. The Kier molecular flexibility index (Phi) is 5.60. The lowest BCUT2D eigenvalue weighted by atomic mass is 10.1. The van der Waals surface area contributed by atoms with Crippen molar-refractivity contribution in [3.05, 3.63) is 0 Å². The molecule has 2 amide bonds. The Bertz CT molecular complexity index is 212. The molecule has 0 atom stereocenters. The van der Waals surface area contributed by atoms with E-state index in [-0.39, 0.29) is 12.1 Å². The zero-order valence-corrected chi connectivity index (χ0v) is 10.6. The van der Waals surface area contributed by atoms with Crippen LogP contribution in [0.4, 0.5) is 4.79 Å². The Balaban J connectivity index is 2.51. The third kappa shape index (κ3) is 3.67. The zero-order valence-electron chi connectivity index (χ0n) is 10.6. The van der Waals surface area contributed by atoms with Crippen LogP contribution in [-0.2, 0) is 0 Å². The second-order valence-electron chi connectivity index (χ2n) is 4.76. The van der Waals surface area contributed by atoms with Gasteiger partial charge in [0.2, 0.25) is 0 Å². The molecule has 0 radical (unpaired) electrons. The molecule has 4 nitrogen and oxygen atoms in total. The van der Waals surface area contributed by atoms with Crippen LogP contribution in [0.1, 0.15) is 39.5 Å². The molecule has 1 aliphatic rings. The number of likely N-dealkylation sites (tertiary alicyclic amines) is 1. The van der Waals surface area contributed by atoms with E-state index in [2.05, 4.69) is 13.8 Å². The fraction of sp³-hybridized carbons (Fsp3) is 0.917. The minimum absolute atomic E-state index is 0.197. The monoisotopic (exact) mass is 227 g/mol. The number of carbonyl (C=O) groups is 1. The maximum Gasteiger partial charge on any atom is 0.320 e. The summed E-state index contributed by atoms with van der Waals surface area (Å²) >= 11 is 0. The van der Waals surface area contributed by atoms with Crippen LogP contribution >= 0.6 is 0 Å². The van der Waals surface area contributed by atoms with Crippen LogP contribution < -0.4 is 5.73 Å². The van der Waals surface area contributed by atoms with Crippen LogP contribution in [0, 0.1) is 0 Å². The van der Waals surface area contributed by atoms with Gasteiger partial charge in [0, 0.05) is 25.7 Å². The Morgan fingerprint density at radius 2 is 1.94 bits per heavy atom. The minimum atomic E-state index is 0.197. The van der Waals surface area contributed by atoms with Crippen molar-refractivity contribution in [1.82, 2.24) is 9.80 Å². The molecule has 0 bridgehead atoms. The third-order valence-corrected chi connectivity index (χ3v) is 3.10. The second kappa shape index (κ2) is 6.74. The van der Waals surface area contributed by atoms with Crippen LogP contribution in [0.2, 0.25) is 0 Å². The highest BCUT2D eigenvalue weighted by Gasteiger charge is 2.23. The standard InChI is InChI=1S/C12H25N3O/c1-11(2)15(10-6-7-13)12(16)14-8-4-3-5-9-14/h11H,3-10,13H2,1-2H3. The Morgan fingerprint density at radius 3 is 2.44 bits per heavy atom.